The Morgan fingerprint density at radius 3 is 2.31 bits per heavy atom. The van der Waals surface area contributed by atoms with Gasteiger partial charge in [-0.15, -0.1) is 0 Å². The van der Waals surface area contributed by atoms with Crippen LogP contribution in [0.4, 0.5) is 4.79 Å². The smallest absolute Gasteiger partial charge is 0.411 e. The summed E-state index contributed by atoms with van der Waals surface area (Å²) in [5.74, 6) is -1.09. The molecule has 1 aromatic rings. The van der Waals surface area contributed by atoms with Crippen molar-refractivity contribution in [3.8, 4) is 0 Å². The lowest BCUT2D eigenvalue weighted by atomic mass is 10.0. The average molecular weight is 367 g/mol. The molecule has 0 saturated carbocycles. The Morgan fingerprint density at radius 2 is 1.77 bits per heavy atom. The molecule has 0 aromatic heterocycles. The molecule has 1 aromatic carbocycles. The van der Waals surface area contributed by atoms with E-state index in [1.165, 1.54) is 4.90 Å². The number of hydrogen-bond acceptors (Lipinski definition) is 5. The van der Waals surface area contributed by atoms with Gasteiger partial charge in [-0.3, -0.25) is 4.90 Å². The Balaban J connectivity index is 2.89. The van der Waals surface area contributed by atoms with E-state index in [0.717, 1.165) is 5.56 Å². The molecule has 0 spiro atoms. The molecule has 0 aliphatic heterocycles. The fourth-order valence-electron chi connectivity index (χ4n) is 2.27. The molecular weight excluding hydrogens is 338 g/mol. The van der Waals surface area contributed by atoms with Crippen LogP contribution >= 0.6 is 0 Å². The number of nitrogens with zero attached hydrogens (tertiary/aromatic N) is 1. The summed E-state index contributed by atoms with van der Waals surface area (Å²) in [4.78, 5) is 25.6. The monoisotopic (exact) mass is 367 g/mol. The van der Waals surface area contributed by atoms with Gasteiger partial charge < -0.3 is 19.3 Å². The van der Waals surface area contributed by atoms with Crippen LogP contribution in [0.1, 0.15) is 26.3 Å². The second-order valence-corrected chi connectivity index (χ2v) is 6.82. The number of amides is 1. The van der Waals surface area contributed by atoms with Crippen molar-refractivity contribution in [2.24, 2.45) is 0 Å². The molecule has 0 saturated heterocycles. The van der Waals surface area contributed by atoms with Crippen LogP contribution in [0.3, 0.4) is 0 Å². The van der Waals surface area contributed by atoms with Gasteiger partial charge in [0.1, 0.15) is 11.6 Å². The third-order valence-electron chi connectivity index (χ3n) is 3.47. The maximum Gasteiger partial charge on any atom is 0.411 e. The van der Waals surface area contributed by atoms with E-state index < -0.39 is 23.7 Å². The van der Waals surface area contributed by atoms with E-state index in [9.17, 15) is 14.7 Å². The number of methoxy groups -OCH3 is 1. The van der Waals surface area contributed by atoms with E-state index in [2.05, 4.69) is 0 Å². The molecule has 7 nitrogen and oxygen atoms in total. The van der Waals surface area contributed by atoms with Gasteiger partial charge in [0.05, 0.1) is 19.8 Å². The van der Waals surface area contributed by atoms with Crippen LogP contribution in [-0.4, -0.2) is 67.2 Å². The summed E-state index contributed by atoms with van der Waals surface area (Å²) < 4.78 is 15.7. The molecule has 0 heterocycles. The first-order chi connectivity index (χ1) is 12.2. The van der Waals surface area contributed by atoms with Crippen LogP contribution in [0.5, 0.6) is 0 Å². The lowest BCUT2D eigenvalue weighted by molar-refractivity contribution is -0.143. The lowest BCUT2D eigenvalue weighted by Crippen LogP contribution is -2.49. The maximum absolute atomic E-state index is 12.6. The van der Waals surface area contributed by atoms with Crippen LogP contribution in [0.2, 0.25) is 0 Å². The highest BCUT2D eigenvalue weighted by Crippen LogP contribution is 2.15. The molecule has 1 rings (SSSR count). The summed E-state index contributed by atoms with van der Waals surface area (Å²) in [6.07, 6.45) is -0.482. The normalized spacial score (nSPS) is 12.5. The molecule has 0 radical (unpaired) electrons. The highest BCUT2D eigenvalue weighted by molar-refractivity contribution is 5.80. The number of carboxylic acids is 1. The van der Waals surface area contributed by atoms with Crippen molar-refractivity contribution >= 4 is 12.1 Å². The maximum atomic E-state index is 12.6. The van der Waals surface area contributed by atoms with Gasteiger partial charge in [0.2, 0.25) is 0 Å². The molecule has 1 N–H and O–H groups in total. The zero-order valence-corrected chi connectivity index (χ0v) is 15.9. The van der Waals surface area contributed by atoms with Crippen LogP contribution in [0.25, 0.3) is 0 Å². The van der Waals surface area contributed by atoms with E-state index in [4.69, 9.17) is 14.2 Å². The van der Waals surface area contributed by atoms with Gasteiger partial charge >= 0.3 is 12.1 Å². The van der Waals surface area contributed by atoms with Gasteiger partial charge in [0.15, 0.2) is 0 Å². The molecule has 1 unspecified atom stereocenters. The molecular formula is C19H29NO6. The number of aliphatic carboxylic acids is 1. The zero-order valence-electron chi connectivity index (χ0n) is 15.9. The topological polar surface area (TPSA) is 85.3 Å². The summed E-state index contributed by atoms with van der Waals surface area (Å²) in [6.45, 7) is 6.33. The van der Waals surface area contributed by atoms with Crippen molar-refractivity contribution in [1.82, 2.24) is 4.90 Å². The van der Waals surface area contributed by atoms with Crippen LogP contribution in [0, 0.1) is 0 Å². The van der Waals surface area contributed by atoms with Crippen molar-refractivity contribution in [3.63, 3.8) is 0 Å². The van der Waals surface area contributed by atoms with Gasteiger partial charge in [0.25, 0.3) is 0 Å². The molecule has 26 heavy (non-hydrogen) atoms. The van der Waals surface area contributed by atoms with E-state index >= 15 is 0 Å². The Bertz CT molecular complexity index is 555. The first-order valence-electron chi connectivity index (χ1n) is 8.57. The number of benzene rings is 1. The second-order valence-electron chi connectivity index (χ2n) is 6.82. The average Bonchev–Trinajstić information content (AvgIpc) is 2.55. The fourth-order valence-corrected chi connectivity index (χ4v) is 2.27. The zero-order chi connectivity index (χ0) is 19.6. The minimum absolute atomic E-state index is 0.114. The quantitative estimate of drug-likeness (QED) is 0.640. The predicted octanol–water partition coefficient (Wildman–Crippen LogP) is 2.58. The second kappa shape index (κ2) is 10.8. The minimum Gasteiger partial charge on any atom is -0.480 e. The van der Waals surface area contributed by atoms with E-state index in [-0.39, 0.29) is 19.6 Å². The number of carbonyl (C=O) groups excluding carboxylic acids is 1. The van der Waals surface area contributed by atoms with Crippen molar-refractivity contribution in [3.05, 3.63) is 35.9 Å². The van der Waals surface area contributed by atoms with Crippen LogP contribution < -0.4 is 0 Å². The highest BCUT2D eigenvalue weighted by Gasteiger charge is 2.32. The van der Waals surface area contributed by atoms with Crippen LogP contribution in [-0.2, 0) is 25.4 Å². The number of ether oxygens (including phenoxy) is 3. The van der Waals surface area contributed by atoms with Crippen molar-refractivity contribution in [2.45, 2.75) is 38.8 Å². The van der Waals surface area contributed by atoms with E-state index in [1.807, 2.05) is 30.3 Å². The highest BCUT2D eigenvalue weighted by atomic mass is 16.6. The summed E-state index contributed by atoms with van der Waals surface area (Å²) in [7, 11) is 1.57. The largest absolute Gasteiger partial charge is 0.480 e. The molecule has 7 heteroatoms. The van der Waals surface area contributed by atoms with Crippen LogP contribution in [0.15, 0.2) is 30.3 Å². The standard InChI is InChI=1S/C19H29NO6/c1-19(2,3)26-18(23)20(10-11-25-13-12-24-4)16(17(21)22)14-15-8-6-5-7-9-15/h5-9,16H,10-14H2,1-4H3,(H,21,22). The lowest BCUT2D eigenvalue weighted by Gasteiger charge is -2.31. The van der Waals surface area contributed by atoms with E-state index in [0.29, 0.717) is 13.2 Å². The van der Waals surface area contributed by atoms with Crippen molar-refractivity contribution in [2.75, 3.05) is 33.5 Å². The first kappa shape index (κ1) is 21.9. The Morgan fingerprint density at radius 1 is 1.12 bits per heavy atom. The van der Waals surface area contributed by atoms with E-state index in [1.54, 1.807) is 27.9 Å². The molecule has 146 valence electrons. The van der Waals surface area contributed by atoms with Gasteiger partial charge in [-0.25, -0.2) is 9.59 Å². The summed E-state index contributed by atoms with van der Waals surface area (Å²) in [5, 5.41) is 9.68. The van der Waals surface area contributed by atoms with Gasteiger partial charge in [-0.05, 0) is 26.3 Å². The molecule has 1 amide bonds. The first-order valence-corrected chi connectivity index (χ1v) is 8.57. The van der Waals surface area contributed by atoms with Gasteiger partial charge in [0, 0.05) is 20.1 Å². The summed E-state index contributed by atoms with van der Waals surface area (Å²) >= 11 is 0. The summed E-state index contributed by atoms with van der Waals surface area (Å²) in [5.41, 5.74) is 0.107. The number of rotatable bonds is 10. The fraction of sp³-hybridized carbons (Fsp3) is 0.579. The van der Waals surface area contributed by atoms with Gasteiger partial charge in [-0.2, -0.15) is 0 Å². The Hall–Kier alpha value is -2.12. The van der Waals surface area contributed by atoms with Crippen molar-refractivity contribution < 1.29 is 28.9 Å². The molecule has 0 aliphatic carbocycles. The predicted molar refractivity (Wildman–Crippen MR) is 97.2 cm³/mol. The molecule has 1 atom stereocenters. The molecule has 0 aliphatic rings. The summed E-state index contributed by atoms with van der Waals surface area (Å²) in [6, 6.07) is 8.14. The number of carbonyl (C=O) groups is 2. The number of carboxylic acid groups (broad SMARTS) is 1. The number of hydrogen-bond donors (Lipinski definition) is 1. The molecule has 0 bridgehead atoms. The van der Waals surface area contributed by atoms with Gasteiger partial charge in [-0.1, -0.05) is 30.3 Å². The minimum atomic E-state index is -1.09. The third-order valence-corrected chi connectivity index (χ3v) is 3.47. The third kappa shape index (κ3) is 8.31. The Kier molecular flexibility index (Phi) is 9.09. The Labute approximate surface area is 154 Å². The van der Waals surface area contributed by atoms with Crippen molar-refractivity contribution in [1.29, 1.82) is 0 Å². The molecule has 0 fully saturated rings. The SMILES string of the molecule is COCCOCCN(C(=O)OC(C)(C)C)C(Cc1ccccc1)C(=O)O.